The molecule has 1 aromatic rings. The molecule has 3 fully saturated rings. The summed E-state index contributed by atoms with van der Waals surface area (Å²) in [5, 5.41) is 0. The van der Waals surface area contributed by atoms with Crippen molar-refractivity contribution in [2.75, 3.05) is 18.8 Å². The summed E-state index contributed by atoms with van der Waals surface area (Å²) in [5.74, 6) is 0.752. The molecule has 1 atom stereocenters. The van der Waals surface area contributed by atoms with E-state index in [1.54, 1.807) is 12.3 Å². The van der Waals surface area contributed by atoms with Gasteiger partial charge in [-0.25, -0.2) is 9.37 Å². The molecule has 3 heterocycles. The molecule has 0 aromatic carbocycles. The third kappa shape index (κ3) is 2.21. The van der Waals surface area contributed by atoms with Crippen LogP contribution in [0.25, 0.3) is 0 Å². The van der Waals surface area contributed by atoms with E-state index in [4.69, 9.17) is 4.74 Å². The first-order chi connectivity index (χ1) is 9.74. The van der Waals surface area contributed by atoms with Crippen LogP contribution in [-0.2, 0) is 0 Å². The van der Waals surface area contributed by atoms with Crippen LogP contribution in [0.5, 0.6) is 5.88 Å². The fourth-order valence-electron chi connectivity index (χ4n) is 3.42. The molecule has 5 heteroatoms. The minimum absolute atomic E-state index is 0.105. The fourth-order valence-corrected chi connectivity index (χ4v) is 4.96. The Balaban J connectivity index is 1.34. The van der Waals surface area contributed by atoms with Gasteiger partial charge in [-0.3, -0.25) is 4.90 Å². The van der Waals surface area contributed by atoms with Gasteiger partial charge in [0.05, 0.1) is 0 Å². The van der Waals surface area contributed by atoms with Gasteiger partial charge in [0.2, 0.25) is 0 Å². The Bertz CT molecular complexity index is 502. The molecule has 20 heavy (non-hydrogen) atoms. The summed E-state index contributed by atoms with van der Waals surface area (Å²) in [6.45, 7) is 2.37. The Morgan fingerprint density at radius 2 is 2.25 bits per heavy atom. The third-order valence-electron chi connectivity index (χ3n) is 4.75. The lowest BCUT2D eigenvalue weighted by atomic mass is 9.84. The summed E-state index contributed by atoms with van der Waals surface area (Å²) in [4.78, 5) is 6.59. The van der Waals surface area contributed by atoms with Crippen LogP contribution in [0.2, 0.25) is 0 Å². The zero-order valence-electron chi connectivity index (χ0n) is 11.4. The van der Waals surface area contributed by atoms with Crippen molar-refractivity contribution >= 4 is 11.8 Å². The van der Waals surface area contributed by atoms with Crippen molar-refractivity contribution in [1.29, 1.82) is 0 Å². The molecule has 0 radical (unpaired) electrons. The average molecular weight is 294 g/mol. The number of halogens is 1. The van der Waals surface area contributed by atoms with Gasteiger partial charge in [-0.1, -0.05) is 6.42 Å². The Hall–Kier alpha value is -0.810. The monoisotopic (exact) mass is 294 g/mol. The van der Waals surface area contributed by atoms with E-state index in [9.17, 15) is 4.39 Å². The molecule has 1 aromatic heterocycles. The lowest BCUT2D eigenvalue weighted by Crippen LogP contribution is -2.63. The van der Waals surface area contributed by atoms with E-state index < -0.39 is 0 Å². The number of thioether (sulfide) groups is 1. The number of ether oxygens (including phenoxy) is 1. The number of nitrogens with zero attached hydrogens (tertiary/aromatic N) is 2. The number of aromatic nitrogens is 1. The molecule has 1 unspecified atom stereocenters. The minimum atomic E-state index is -0.358. The van der Waals surface area contributed by atoms with E-state index in [-0.39, 0.29) is 17.8 Å². The smallest absolute Gasteiger partial charge is 0.250 e. The fraction of sp³-hybridized carbons (Fsp3) is 0.667. The van der Waals surface area contributed by atoms with Gasteiger partial charge < -0.3 is 4.74 Å². The Morgan fingerprint density at radius 1 is 1.40 bits per heavy atom. The van der Waals surface area contributed by atoms with Gasteiger partial charge in [0.1, 0.15) is 6.10 Å². The first-order valence-corrected chi connectivity index (χ1v) is 8.38. The molecular weight excluding hydrogens is 275 g/mol. The van der Waals surface area contributed by atoms with Crippen molar-refractivity contribution in [2.24, 2.45) is 0 Å². The van der Waals surface area contributed by atoms with Crippen LogP contribution in [0.4, 0.5) is 4.39 Å². The van der Waals surface area contributed by atoms with Crippen molar-refractivity contribution in [2.45, 2.75) is 42.6 Å². The van der Waals surface area contributed by atoms with Crippen molar-refractivity contribution in [3.05, 3.63) is 24.1 Å². The predicted molar refractivity (Wildman–Crippen MR) is 77.6 cm³/mol. The SMILES string of the molecule is Fc1cccnc1OC1CSC2(C1)CN(C1CCC1)C2. The second-order valence-corrected chi connectivity index (χ2v) is 7.71. The molecule has 3 nitrogen and oxygen atoms in total. The van der Waals surface area contributed by atoms with Crippen molar-refractivity contribution in [3.63, 3.8) is 0 Å². The molecule has 108 valence electrons. The van der Waals surface area contributed by atoms with Crippen molar-refractivity contribution < 1.29 is 9.13 Å². The highest BCUT2D eigenvalue weighted by molar-refractivity contribution is 8.01. The molecule has 1 aliphatic carbocycles. The zero-order chi connectivity index (χ0) is 13.6. The van der Waals surface area contributed by atoms with Gasteiger partial charge in [0.15, 0.2) is 5.82 Å². The van der Waals surface area contributed by atoms with Gasteiger partial charge in [-0.15, -0.1) is 11.8 Å². The highest BCUT2D eigenvalue weighted by atomic mass is 32.2. The van der Waals surface area contributed by atoms with Crippen LogP contribution in [0.1, 0.15) is 25.7 Å². The molecule has 1 saturated carbocycles. The topological polar surface area (TPSA) is 25.4 Å². The third-order valence-corrected chi connectivity index (χ3v) is 6.33. The second kappa shape index (κ2) is 4.88. The lowest BCUT2D eigenvalue weighted by Gasteiger charge is -2.53. The first-order valence-electron chi connectivity index (χ1n) is 7.39. The molecule has 0 bridgehead atoms. The summed E-state index contributed by atoms with van der Waals surface area (Å²) in [5.41, 5.74) is 0. The highest BCUT2D eigenvalue weighted by Crippen LogP contribution is 2.48. The average Bonchev–Trinajstić information content (AvgIpc) is 2.74. The van der Waals surface area contributed by atoms with Crippen molar-refractivity contribution in [1.82, 2.24) is 9.88 Å². The van der Waals surface area contributed by atoms with Gasteiger partial charge in [0, 0.05) is 42.2 Å². The largest absolute Gasteiger partial charge is 0.471 e. The van der Waals surface area contributed by atoms with Gasteiger partial charge >= 0.3 is 0 Å². The van der Waals surface area contributed by atoms with Gasteiger partial charge in [-0.2, -0.15) is 0 Å². The van der Waals surface area contributed by atoms with Gasteiger partial charge in [0.25, 0.3) is 5.88 Å². The molecule has 2 aliphatic heterocycles. The number of rotatable bonds is 3. The molecule has 0 amide bonds. The number of hydrogen-bond donors (Lipinski definition) is 0. The molecule has 2 saturated heterocycles. The van der Waals surface area contributed by atoms with Crippen LogP contribution in [-0.4, -0.2) is 45.6 Å². The summed E-state index contributed by atoms with van der Waals surface area (Å²) in [7, 11) is 0. The Labute approximate surface area is 122 Å². The summed E-state index contributed by atoms with van der Waals surface area (Å²) in [6.07, 6.45) is 6.86. The second-order valence-electron chi connectivity index (χ2n) is 6.22. The maximum Gasteiger partial charge on any atom is 0.250 e. The van der Waals surface area contributed by atoms with E-state index in [1.807, 2.05) is 11.8 Å². The lowest BCUT2D eigenvalue weighted by molar-refractivity contribution is 0.0237. The first kappa shape index (κ1) is 12.9. The molecular formula is C15H19FN2OS. The van der Waals surface area contributed by atoms with Crippen LogP contribution in [0.15, 0.2) is 18.3 Å². The standard InChI is InChI=1S/C15H19FN2OS/c16-13-5-2-6-17-14(13)19-12-7-15(20-8-12)9-18(10-15)11-3-1-4-11/h2,5-6,11-12H,1,3-4,7-10H2. The molecule has 0 N–H and O–H groups in total. The van der Waals surface area contributed by atoms with E-state index in [1.165, 1.54) is 38.4 Å². The van der Waals surface area contributed by atoms with E-state index in [0.29, 0.717) is 4.75 Å². The number of likely N-dealkylation sites (tertiary alicyclic amines) is 1. The maximum absolute atomic E-state index is 13.6. The Kier molecular flexibility index (Phi) is 3.15. The predicted octanol–water partition coefficient (Wildman–Crippen LogP) is 2.71. The van der Waals surface area contributed by atoms with Crippen LogP contribution >= 0.6 is 11.8 Å². The molecule has 4 rings (SSSR count). The highest BCUT2D eigenvalue weighted by Gasteiger charge is 2.52. The summed E-state index contributed by atoms with van der Waals surface area (Å²) >= 11 is 2.00. The maximum atomic E-state index is 13.6. The van der Waals surface area contributed by atoms with E-state index in [0.717, 1.165) is 18.2 Å². The van der Waals surface area contributed by atoms with Crippen LogP contribution in [0, 0.1) is 5.82 Å². The Morgan fingerprint density at radius 3 is 2.95 bits per heavy atom. The molecule has 3 aliphatic rings. The van der Waals surface area contributed by atoms with Crippen LogP contribution in [0.3, 0.4) is 0 Å². The van der Waals surface area contributed by atoms with E-state index >= 15 is 0 Å². The summed E-state index contributed by atoms with van der Waals surface area (Å²) in [6, 6.07) is 3.84. The molecule has 1 spiro atoms. The number of hydrogen-bond acceptors (Lipinski definition) is 4. The van der Waals surface area contributed by atoms with Crippen molar-refractivity contribution in [3.8, 4) is 5.88 Å². The number of pyridine rings is 1. The van der Waals surface area contributed by atoms with Gasteiger partial charge in [-0.05, 0) is 25.0 Å². The van der Waals surface area contributed by atoms with E-state index in [2.05, 4.69) is 9.88 Å². The van der Waals surface area contributed by atoms with Crippen LogP contribution < -0.4 is 4.74 Å². The quantitative estimate of drug-likeness (QED) is 0.856. The normalized spacial score (nSPS) is 29.1. The summed E-state index contributed by atoms with van der Waals surface area (Å²) < 4.78 is 19.7. The minimum Gasteiger partial charge on any atom is -0.471 e. The zero-order valence-corrected chi connectivity index (χ0v) is 12.2.